The van der Waals surface area contributed by atoms with E-state index in [-0.39, 0.29) is 0 Å². The lowest BCUT2D eigenvalue weighted by atomic mass is 9.92. The molecular formula is C23H30N5O4S-. The Kier molecular flexibility index (Phi) is 7.92. The summed E-state index contributed by atoms with van der Waals surface area (Å²) in [4.78, 5) is 16.2. The van der Waals surface area contributed by atoms with Crippen molar-refractivity contribution in [3.63, 3.8) is 0 Å². The molecule has 10 heteroatoms. The Morgan fingerprint density at radius 3 is 2.52 bits per heavy atom. The second kappa shape index (κ2) is 11.1. The minimum Gasteiger partial charge on any atom is -0.760 e. The molecule has 0 bridgehead atoms. The zero-order chi connectivity index (χ0) is 23.2. The standard InChI is InChI=1S/C23H31N5O4S/c24-23(29)20-15-26-22(13-21(20)25-14-16-5-9-28(10-6-16)33(30)31)27-19-3-1-17(2-4-19)18-7-11-32-12-8-18/h1-4,13,15-16,18H,5-12,14H2,(H2,24,29)(H,30,31)(H2,25,26,27)/p-1. The van der Waals surface area contributed by atoms with Crippen molar-refractivity contribution in [1.29, 1.82) is 0 Å². The van der Waals surface area contributed by atoms with Crippen molar-refractivity contribution in [3.05, 3.63) is 47.7 Å². The fraction of sp³-hybridized carbons (Fsp3) is 0.478. The van der Waals surface area contributed by atoms with Gasteiger partial charge in [0.05, 0.1) is 11.3 Å². The van der Waals surface area contributed by atoms with E-state index in [2.05, 4.69) is 27.8 Å². The van der Waals surface area contributed by atoms with Crippen molar-refractivity contribution < 1.29 is 18.3 Å². The number of primary amides is 1. The molecule has 1 amide bonds. The first-order valence-electron chi connectivity index (χ1n) is 11.3. The third-order valence-electron chi connectivity index (χ3n) is 6.41. The van der Waals surface area contributed by atoms with Gasteiger partial charge in [-0.05, 0) is 55.2 Å². The molecular weight excluding hydrogens is 442 g/mol. The van der Waals surface area contributed by atoms with Crippen LogP contribution in [0.5, 0.6) is 0 Å². The van der Waals surface area contributed by atoms with Crippen molar-refractivity contribution in [2.75, 3.05) is 43.5 Å². The Labute approximate surface area is 196 Å². The van der Waals surface area contributed by atoms with Crippen LogP contribution in [0.3, 0.4) is 0 Å². The van der Waals surface area contributed by atoms with Crippen LogP contribution in [0.15, 0.2) is 36.5 Å². The maximum atomic E-state index is 11.9. The molecule has 0 aliphatic carbocycles. The minimum absolute atomic E-state index is 0.313. The number of nitrogens with zero attached hydrogens (tertiary/aromatic N) is 2. The molecule has 1 aromatic carbocycles. The molecule has 0 saturated carbocycles. The number of hydrogen-bond acceptors (Lipinski definition) is 7. The Morgan fingerprint density at radius 1 is 1.18 bits per heavy atom. The molecule has 33 heavy (non-hydrogen) atoms. The fourth-order valence-corrected chi connectivity index (χ4v) is 4.91. The van der Waals surface area contributed by atoms with Crippen LogP contribution in [0.4, 0.5) is 17.2 Å². The first-order chi connectivity index (χ1) is 16.0. The van der Waals surface area contributed by atoms with Gasteiger partial charge in [0.2, 0.25) is 0 Å². The molecule has 2 aliphatic rings. The fourth-order valence-electron chi connectivity index (χ4n) is 4.40. The van der Waals surface area contributed by atoms with E-state index in [1.54, 1.807) is 6.07 Å². The Hall–Kier alpha value is -2.53. The average molecular weight is 473 g/mol. The Morgan fingerprint density at radius 2 is 1.88 bits per heavy atom. The molecule has 1 atom stereocenters. The lowest BCUT2D eigenvalue weighted by Crippen LogP contribution is -2.36. The van der Waals surface area contributed by atoms with Gasteiger partial charge in [0.15, 0.2) is 0 Å². The minimum atomic E-state index is -2.16. The number of nitrogens with one attached hydrogen (secondary N) is 2. The van der Waals surface area contributed by atoms with Crippen LogP contribution < -0.4 is 16.4 Å². The molecule has 9 nitrogen and oxygen atoms in total. The highest BCUT2D eigenvalue weighted by molar-refractivity contribution is 7.76. The van der Waals surface area contributed by atoms with Gasteiger partial charge in [-0.15, -0.1) is 0 Å². The highest BCUT2D eigenvalue weighted by atomic mass is 32.2. The summed E-state index contributed by atoms with van der Waals surface area (Å²) in [5.41, 5.74) is 8.71. The molecule has 1 aromatic heterocycles. The number of piperidine rings is 1. The largest absolute Gasteiger partial charge is 0.760 e. The van der Waals surface area contributed by atoms with Crippen LogP contribution in [0.2, 0.25) is 0 Å². The third kappa shape index (κ3) is 6.29. The highest BCUT2D eigenvalue weighted by Crippen LogP contribution is 2.29. The smallest absolute Gasteiger partial charge is 0.252 e. The zero-order valence-electron chi connectivity index (χ0n) is 18.5. The van der Waals surface area contributed by atoms with Gasteiger partial charge < -0.3 is 25.7 Å². The lowest BCUT2D eigenvalue weighted by molar-refractivity contribution is 0.0853. The Balaban J connectivity index is 1.39. The van der Waals surface area contributed by atoms with Gasteiger partial charge in [0.25, 0.3) is 5.91 Å². The van der Waals surface area contributed by atoms with E-state index >= 15 is 0 Å². The maximum absolute atomic E-state index is 11.9. The number of amides is 1. The van der Waals surface area contributed by atoms with Crippen LogP contribution in [-0.4, -0.2) is 56.8 Å². The molecule has 2 aliphatic heterocycles. The van der Waals surface area contributed by atoms with Crippen LogP contribution in [0, 0.1) is 5.92 Å². The molecule has 2 fully saturated rings. The highest BCUT2D eigenvalue weighted by Gasteiger charge is 2.20. The van der Waals surface area contributed by atoms with Gasteiger partial charge in [-0.25, -0.2) is 9.29 Å². The monoisotopic (exact) mass is 472 g/mol. The second-order valence-corrected chi connectivity index (χ2v) is 9.53. The molecule has 0 spiro atoms. The number of benzene rings is 1. The predicted molar refractivity (Wildman–Crippen MR) is 127 cm³/mol. The maximum Gasteiger partial charge on any atom is 0.252 e. The molecule has 3 heterocycles. The summed E-state index contributed by atoms with van der Waals surface area (Å²) in [6.45, 7) is 3.28. The summed E-state index contributed by atoms with van der Waals surface area (Å²) in [5, 5.41) is 6.62. The number of aromatic nitrogens is 1. The van der Waals surface area contributed by atoms with Crippen molar-refractivity contribution in [3.8, 4) is 0 Å². The predicted octanol–water partition coefficient (Wildman–Crippen LogP) is 2.74. The van der Waals surface area contributed by atoms with Gasteiger partial charge in [0.1, 0.15) is 5.82 Å². The Bertz CT molecular complexity index is 973. The summed E-state index contributed by atoms with van der Waals surface area (Å²) in [6, 6.07) is 10.1. The first-order valence-corrected chi connectivity index (χ1v) is 12.4. The molecule has 0 radical (unpaired) electrons. The molecule has 2 saturated heterocycles. The number of carbonyl (C=O) groups excluding carboxylic acids is 1. The van der Waals surface area contributed by atoms with Crippen LogP contribution in [0.25, 0.3) is 0 Å². The number of rotatable bonds is 8. The average Bonchev–Trinajstić information content (AvgIpc) is 2.84. The van der Waals surface area contributed by atoms with Crippen molar-refractivity contribution in [2.24, 2.45) is 11.7 Å². The van der Waals surface area contributed by atoms with E-state index in [9.17, 15) is 13.6 Å². The summed E-state index contributed by atoms with van der Waals surface area (Å²) >= 11 is -2.16. The number of ether oxygens (including phenoxy) is 1. The van der Waals surface area contributed by atoms with Crippen molar-refractivity contribution in [1.82, 2.24) is 9.29 Å². The van der Waals surface area contributed by atoms with Gasteiger partial charge >= 0.3 is 0 Å². The van der Waals surface area contributed by atoms with E-state index in [1.807, 2.05) is 12.1 Å². The number of carbonyl (C=O) groups is 1. The molecule has 2 aromatic rings. The normalized spacial score (nSPS) is 19.2. The molecule has 1 unspecified atom stereocenters. The summed E-state index contributed by atoms with van der Waals surface area (Å²) < 4.78 is 29.1. The van der Waals surface area contributed by atoms with Crippen LogP contribution in [-0.2, 0) is 16.0 Å². The van der Waals surface area contributed by atoms with E-state index in [4.69, 9.17) is 10.5 Å². The summed E-state index contributed by atoms with van der Waals surface area (Å²) in [7, 11) is 0. The van der Waals surface area contributed by atoms with E-state index < -0.39 is 17.2 Å². The summed E-state index contributed by atoms with van der Waals surface area (Å²) in [6.07, 6.45) is 5.11. The zero-order valence-corrected chi connectivity index (χ0v) is 19.3. The second-order valence-electron chi connectivity index (χ2n) is 8.58. The third-order valence-corrected chi connectivity index (χ3v) is 7.20. The quantitative estimate of drug-likeness (QED) is 0.503. The van der Waals surface area contributed by atoms with Crippen molar-refractivity contribution in [2.45, 2.75) is 31.6 Å². The van der Waals surface area contributed by atoms with Crippen molar-refractivity contribution >= 4 is 34.4 Å². The lowest BCUT2D eigenvalue weighted by Gasteiger charge is -2.32. The molecule has 4 N–H and O–H groups in total. The van der Waals surface area contributed by atoms with Gasteiger partial charge in [-0.1, -0.05) is 12.1 Å². The SMILES string of the molecule is NC(=O)c1cnc(Nc2ccc(C3CCOCC3)cc2)cc1NCC1CCN(S(=O)[O-])CC1. The first kappa shape index (κ1) is 23.6. The molecule has 4 rings (SSSR count). The van der Waals surface area contributed by atoms with Crippen LogP contribution in [0.1, 0.15) is 47.5 Å². The van der Waals surface area contributed by atoms with Crippen LogP contribution >= 0.6 is 0 Å². The topological polar surface area (TPSA) is 133 Å². The summed E-state index contributed by atoms with van der Waals surface area (Å²) in [5.74, 6) is 0.914. The number of hydrogen-bond donors (Lipinski definition) is 3. The van der Waals surface area contributed by atoms with Gasteiger partial charge in [0, 0.05) is 62.1 Å². The van der Waals surface area contributed by atoms with E-state index in [0.29, 0.717) is 48.5 Å². The van der Waals surface area contributed by atoms with E-state index in [1.165, 1.54) is 16.1 Å². The van der Waals surface area contributed by atoms with Gasteiger partial charge in [-0.2, -0.15) is 0 Å². The molecule has 178 valence electrons. The van der Waals surface area contributed by atoms with Gasteiger partial charge in [-0.3, -0.25) is 9.00 Å². The number of pyridine rings is 1. The van der Waals surface area contributed by atoms with E-state index in [0.717, 1.165) is 44.6 Å². The number of nitrogens with two attached hydrogens (primary N) is 1. The number of anilines is 3.